The highest BCUT2D eigenvalue weighted by molar-refractivity contribution is 7.91. The van der Waals surface area contributed by atoms with Crippen LogP contribution < -0.4 is 5.32 Å². The van der Waals surface area contributed by atoms with E-state index in [2.05, 4.69) is 5.32 Å². The topological polar surface area (TPSA) is 46.2 Å². The number of nitrogens with one attached hydrogen (secondary N) is 1. The summed E-state index contributed by atoms with van der Waals surface area (Å²) < 4.78 is 61.8. The monoisotopic (exact) mass is 293 g/mol. The van der Waals surface area contributed by atoms with E-state index in [1.54, 1.807) is 7.05 Å². The summed E-state index contributed by atoms with van der Waals surface area (Å²) in [5, 5.41) is 2.88. The number of benzene rings is 1. The first-order valence-corrected chi connectivity index (χ1v) is 7.49. The first kappa shape index (κ1) is 14.3. The SMILES string of the molecule is CNCCC1CS(=O)(=O)c2ccc(C(F)(F)F)cc21. The van der Waals surface area contributed by atoms with E-state index in [4.69, 9.17) is 0 Å². The minimum atomic E-state index is -4.45. The molecule has 0 spiro atoms. The lowest BCUT2D eigenvalue weighted by atomic mass is 9.96. The van der Waals surface area contributed by atoms with Gasteiger partial charge in [-0.15, -0.1) is 0 Å². The molecule has 1 aliphatic heterocycles. The minimum absolute atomic E-state index is 0.0432. The lowest BCUT2D eigenvalue weighted by Gasteiger charge is -2.12. The molecule has 0 fully saturated rings. The summed E-state index contributed by atoms with van der Waals surface area (Å²) in [6.07, 6.45) is -3.95. The van der Waals surface area contributed by atoms with Crippen LogP contribution in [0.3, 0.4) is 0 Å². The Labute approximate surface area is 109 Å². The van der Waals surface area contributed by atoms with Crippen LogP contribution in [0.25, 0.3) is 0 Å². The molecule has 1 aromatic carbocycles. The maximum atomic E-state index is 12.7. The van der Waals surface area contributed by atoms with Crippen LogP contribution in [0.15, 0.2) is 23.1 Å². The van der Waals surface area contributed by atoms with Crippen LogP contribution in [0.2, 0.25) is 0 Å². The van der Waals surface area contributed by atoms with Crippen LogP contribution in [0.5, 0.6) is 0 Å². The van der Waals surface area contributed by atoms with Gasteiger partial charge in [-0.25, -0.2) is 8.42 Å². The second-order valence-corrected chi connectivity index (χ2v) is 6.62. The molecule has 1 heterocycles. The fourth-order valence-corrected chi connectivity index (χ4v) is 4.24. The zero-order valence-electron chi connectivity index (χ0n) is 10.3. The molecule has 106 valence electrons. The van der Waals surface area contributed by atoms with E-state index < -0.39 is 21.6 Å². The molecule has 19 heavy (non-hydrogen) atoms. The molecule has 3 nitrogen and oxygen atoms in total. The Balaban J connectivity index is 2.45. The molecular formula is C12H14F3NO2S. The van der Waals surface area contributed by atoms with Crippen molar-refractivity contribution in [1.82, 2.24) is 5.32 Å². The summed E-state index contributed by atoms with van der Waals surface area (Å²) in [6.45, 7) is 0.565. The van der Waals surface area contributed by atoms with E-state index in [1.165, 1.54) is 0 Å². The van der Waals surface area contributed by atoms with Crippen LogP contribution in [0.1, 0.15) is 23.5 Å². The Morgan fingerprint density at radius 1 is 1.37 bits per heavy atom. The van der Waals surface area contributed by atoms with Crippen LogP contribution in [0, 0.1) is 0 Å². The van der Waals surface area contributed by atoms with Gasteiger partial charge < -0.3 is 5.32 Å². The first-order chi connectivity index (χ1) is 8.75. The van der Waals surface area contributed by atoms with Gasteiger partial charge in [-0.05, 0) is 43.8 Å². The van der Waals surface area contributed by atoms with Crippen LogP contribution in [-0.4, -0.2) is 27.8 Å². The van der Waals surface area contributed by atoms with Gasteiger partial charge in [-0.2, -0.15) is 13.2 Å². The molecule has 1 N–H and O–H groups in total. The Morgan fingerprint density at radius 3 is 2.63 bits per heavy atom. The van der Waals surface area contributed by atoms with Crippen molar-refractivity contribution < 1.29 is 21.6 Å². The van der Waals surface area contributed by atoms with E-state index in [-0.39, 0.29) is 16.6 Å². The van der Waals surface area contributed by atoms with E-state index in [9.17, 15) is 21.6 Å². The largest absolute Gasteiger partial charge is 0.416 e. The summed E-state index contributed by atoms with van der Waals surface area (Å²) in [5.41, 5.74) is -0.497. The molecule has 0 bridgehead atoms. The molecule has 7 heteroatoms. The summed E-state index contributed by atoms with van der Waals surface area (Å²) in [7, 11) is -1.72. The maximum absolute atomic E-state index is 12.7. The van der Waals surface area contributed by atoms with Crippen molar-refractivity contribution in [3.05, 3.63) is 29.3 Å². The second kappa shape index (κ2) is 4.79. The van der Waals surface area contributed by atoms with Gasteiger partial charge in [0.2, 0.25) is 0 Å². The number of hydrogen-bond acceptors (Lipinski definition) is 3. The molecule has 0 amide bonds. The predicted octanol–water partition coefficient (Wildman–Crippen LogP) is 2.19. The zero-order valence-corrected chi connectivity index (χ0v) is 11.1. The van der Waals surface area contributed by atoms with Gasteiger partial charge in [-0.3, -0.25) is 0 Å². The Kier molecular flexibility index (Phi) is 3.61. The molecule has 1 aliphatic rings. The van der Waals surface area contributed by atoms with Gasteiger partial charge in [0, 0.05) is 5.92 Å². The summed E-state index contributed by atoms with van der Waals surface area (Å²) in [6, 6.07) is 2.88. The van der Waals surface area contributed by atoms with Crippen molar-refractivity contribution in [3.63, 3.8) is 0 Å². The number of fused-ring (bicyclic) bond motifs is 1. The minimum Gasteiger partial charge on any atom is -0.320 e. The van der Waals surface area contributed by atoms with Gasteiger partial charge in [0.15, 0.2) is 9.84 Å². The molecule has 0 saturated heterocycles. The molecule has 1 atom stereocenters. The van der Waals surface area contributed by atoms with Gasteiger partial charge in [0.1, 0.15) is 0 Å². The highest BCUT2D eigenvalue weighted by atomic mass is 32.2. The van der Waals surface area contributed by atoms with Crippen molar-refractivity contribution >= 4 is 9.84 Å². The normalized spacial score (nSPS) is 21.4. The lowest BCUT2D eigenvalue weighted by molar-refractivity contribution is -0.137. The number of rotatable bonds is 3. The maximum Gasteiger partial charge on any atom is 0.416 e. The molecule has 0 radical (unpaired) electrons. The average molecular weight is 293 g/mol. The Hall–Kier alpha value is -1.08. The van der Waals surface area contributed by atoms with Crippen molar-refractivity contribution in [3.8, 4) is 0 Å². The molecule has 1 aromatic rings. The third-order valence-corrected chi connectivity index (χ3v) is 5.16. The highest BCUT2D eigenvalue weighted by Gasteiger charge is 2.38. The smallest absolute Gasteiger partial charge is 0.320 e. The van der Waals surface area contributed by atoms with Crippen molar-refractivity contribution in [2.75, 3.05) is 19.3 Å². The predicted molar refractivity (Wildman–Crippen MR) is 64.8 cm³/mol. The average Bonchev–Trinajstić information content (AvgIpc) is 2.57. The highest BCUT2D eigenvalue weighted by Crippen LogP contribution is 2.40. The van der Waals surface area contributed by atoms with Crippen LogP contribution in [0.4, 0.5) is 13.2 Å². The van der Waals surface area contributed by atoms with Gasteiger partial charge in [-0.1, -0.05) is 0 Å². The summed E-state index contributed by atoms with van der Waals surface area (Å²) >= 11 is 0. The number of halogens is 3. The quantitative estimate of drug-likeness (QED) is 0.929. The third kappa shape index (κ3) is 2.76. The fourth-order valence-electron chi connectivity index (χ4n) is 2.33. The van der Waals surface area contributed by atoms with Gasteiger partial charge in [0.05, 0.1) is 16.2 Å². The molecule has 0 saturated carbocycles. The fraction of sp³-hybridized carbons (Fsp3) is 0.500. The molecule has 0 aromatic heterocycles. The number of hydrogen-bond donors (Lipinski definition) is 1. The third-order valence-electron chi connectivity index (χ3n) is 3.28. The molecule has 0 aliphatic carbocycles. The standard InChI is InChI=1S/C12H14F3NO2S/c1-16-5-4-8-7-19(17,18)11-3-2-9(6-10(8)11)12(13,14)15/h2-3,6,8,16H,4-5,7H2,1H3. The van der Waals surface area contributed by atoms with Crippen LogP contribution >= 0.6 is 0 Å². The molecule has 1 unspecified atom stereocenters. The van der Waals surface area contributed by atoms with E-state index >= 15 is 0 Å². The van der Waals surface area contributed by atoms with Crippen molar-refractivity contribution in [1.29, 1.82) is 0 Å². The van der Waals surface area contributed by atoms with E-state index in [0.29, 0.717) is 18.5 Å². The van der Waals surface area contributed by atoms with Crippen LogP contribution in [-0.2, 0) is 16.0 Å². The number of sulfone groups is 1. The van der Waals surface area contributed by atoms with Crippen molar-refractivity contribution in [2.24, 2.45) is 0 Å². The van der Waals surface area contributed by atoms with Gasteiger partial charge in [0.25, 0.3) is 0 Å². The number of alkyl halides is 3. The van der Waals surface area contributed by atoms with E-state index in [0.717, 1.165) is 18.2 Å². The van der Waals surface area contributed by atoms with Gasteiger partial charge >= 0.3 is 6.18 Å². The molecular weight excluding hydrogens is 279 g/mol. The Morgan fingerprint density at radius 2 is 2.05 bits per heavy atom. The molecule has 2 rings (SSSR count). The van der Waals surface area contributed by atoms with Crippen molar-refractivity contribution in [2.45, 2.75) is 23.4 Å². The second-order valence-electron chi connectivity index (χ2n) is 4.62. The summed E-state index contributed by atoms with van der Waals surface area (Å²) in [5.74, 6) is -0.472. The Bertz CT molecular complexity index is 581. The summed E-state index contributed by atoms with van der Waals surface area (Å²) in [4.78, 5) is 0.0432. The first-order valence-electron chi connectivity index (χ1n) is 5.84. The lowest BCUT2D eigenvalue weighted by Crippen LogP contribution is -2.13. The van der Waals surface area contributed by atoms with E-state index in [1.807, 2.05) is 0 Å². The zero-order chi connectivity index (χ0) is 14.3.